The molecule has 1 unspecified atom stereocenters. The van der Waals surface area contributed by atoms with Crippen molar-refractivity contribution in [2.75, 3.05) is 5.32 Å². The van der Waals surface area contributed by atoms with E-state index in [1.165, 1.54) is 19.3 Å². The molecule has 1 atom stereocenters. The molecule has 104 valence electrons. The van der Waals surface area contributed by atoms with Gasteiger partial charge in [0.25, 0.3) is 0 Å². The van der Waals surface area contributed by atoms with Gasteiger partial charge < -0.3 is 10.4 Å². The van der Waals surface area contributed by atoms with E-state index in [4.69, 9.17) is 5.11 Å². The fourth-order valence-corrected chi connectivity index (χ4v) is 2.81. The van der Waals surface area contributed by atoms with E-state index >= 15 is 0 Å². The predicted molar refractivity (Wildman–Crippen MR) is 75.6 cm³/mol. The van der Waals surface area contributed by atoms with Gasteiger partial charge in [0, 0.05) is 6.04 Å². The summed E-state index contributed by atoms with van der Waals surface area (Å²) >= 11 is 0. The van der Waals surface area contributed by atoms with E-state index in [9.17, 15) is 4.79 Å². The Balaban J connectivity index is 2.15. The molecule has 1 aromatic heterocycles. The van der Waals surface area contributed by atoms with Crippen LogP contribution < -0.4 is 5.32 Å². The van der Waals surface area contributed by atoms with Crippen molar-refractivity contribution in [1.29, 1.82) is 0 Å². The van der Waals surface area contributed by atoms with E-state index in [2.05, 4.69) is 24.1 Å². The molecular weight excluding hydrogens is 240 g/mol. The molecule has 1 saturated carbocycles. The topological polar surface area (TPSA) is 62.2 Å². The van der Waals surface area contributed by atoms with Crippen molar-refractivity contribution in [3.63, 3.8) is 0 Å². The summed E-state index contributed by atoms with van der Waals surface area (Å²) < 4.78 is 0. The van der Waals surface area contributed by atoms with E-state index in [1.54, 1.807) is 19.1 Å². The zero-order chi connectivity index (χ0) is 14.0. The van der Waals surface area contributed by atoms with Gasteiger partial charge in [-0.25, -0.2) is 9.78 Å². The molecule has 4 heteroatoms. The Morgan fingerprint density at radius 2 is 2.16 bits per heavy atom. The van der Waals surface area contributed by atoms with Gasteiger partial charge in [-0.1, -0.05) is 26.7 Å². The number of anilines is 1. The highest BCUT2D eigenvalue weighted by atomic mass is 16.4. The van der Waals surface area contributed by atoms with Crippen LogP contribution in [0, 0.1) is 12.3 Å². The molecule has 2 rings (SSSR count). The Morgan fingerprint density at radius 3 is 2.74 bits per heavy atom. The molecule has 0 bridgehead atoms. The second-order valence-electron chi connectivity index (χ2n) is 6.07. The first kappa shape index (κ1) is 13.8. The fraction of sp³-hybridized carbons (Fsp3) is 0.600. The Bertz CT molecular complexity index is 483. The number of aromatic carboxylic acids is 1. The molecule has 2 N–H and O–H groups in total. The highest BCUT2D eigenvalue weighted by molar-refractivity contribution is 5.89. The van der Waals surface area contributed by atoms with Gasteiger partial charge in [0.1, 0.15) is 5.82 Å². The van der Waals surface area contributed by atoms with Crippen molar-refractivity contribution < 1.29 is 9.90 Å². The predicted octanol–water partition coefficient (Wildman–Crippen LogP) is 3.47. The van der Waals surface area contributed by atoms with Crippen LogP contribution in [0.5, 0.6) is 0 Å². The second kappa shape index (κ2) is 5.19. The van der Waals surface area contributed by atoms with Crippen molar-refractivity contribution in [2.24, 2.45) is 5.41 Å². The van der Waals surface area contributed by atoms with Gasteiger partial charge in [-0.15, -0.1) is 0 Å². The number of nitrogens with one attached hydrogen (secondary N) is 1. The summed E-state index contributed by atoms with van der Waals surface area (Å²) in [6.07, 6.45) is 4.90. The fourth-order valence-electron chi connectivity index (χ4n) is 2.81. The minimum Gasteiger partial charge on any atom is -0.478 e. The average Bonchev–Trinajstić information content (AvgIpc) is 2.31. The summed E-state index contributed by atoms with van der Waals surface area (Å²) in [6, 6.07) is 3.80. The number of carboxylic acids is 1. The van der Waals surface area contributed by atoms with Gasteiger partial charge in [-0.2, -0.15) is 0 Å². The lowest BCUT2D eigenvalue weighted by Crippen LogP contribution is -2.39. The summed E-state index contributed by atoms with van der Waals surface area (Å²) in [5.41, 5.74) is 1.10. The summed E-state index contributed by atoms with van der Waals surface area (Å²) in [6.45, 7) is 6.30. The minimum absolute atomic E-state index is 0.263. The standard InChI is InChI=1S/C15H22N2O2/c1-10-11(14(18)19)7-8-13(16-10)17-12-6-4-5-9-15(12,2)3/h7-8,12H,4-6,9H2,1-3H3,(H,16,17)(H,18,19). The smallest absolute Gasteiger partial charge is 0.337 e. The monoisotopic (exact) mass is 262 g/mol. The molecular formula is C15H22N2O2. The van der Waals surface area contributed by atoms with Gasteiger partial charge in [0.15, 0.2) is 0 Å². The summed E-state index contributed by atoms with van der Waals surface area (Å²) in [4.78, 5) is 15.3. The zero-order valence-electron chi connectivity index (χ0n) is 11.9. The number of hydrogen-bond acceptors (Lipinski definition) is 3. The van der Waals surface area contributed by atoms with Crippen LogP contribution in [-0.2, 0) is 0 Å². The maximum Gasteiger partial charge on any atom is 0.337 e. The summed E-state index contributed by atoms with van der Waals surface area (Å²) in [5, 5.41) is 12.5. The first-order chi connectivity index (χ1) is 8.90. The first-order valence-corrected chi connectivity index (χ1v) is 6.87. The third-order valence-electron chi connectivity index (χ3n) is 4.15. The van der Waals surface area contributed by atoms with Crippen LogP contribution in [0.15, 0.2) is 12.1 Å². The van der Waals surface area contributed by atoms with E-state index in [0.717, 1.165) is 12.2 Å². The SMILES string of the molecule is Cc1nc(NC2CCCCC2(C)C)ccc1C(=O)O. The van der Waals surface area contributed by atoms with Crippen molar-refractivity contribution in [2.45, 2.75) is 52.5 Å². The number of nitrogens with zero attached hydrogens (tertiary/aromatic N) is 1. The maximum absolute atomic E-state index is 11.0. The summed E-state index contributed by atoms with van der Waals surface area (Å²) in [7, 11) is 0. The summed E-state index contributed by atoms with van der Waals surface area (Å²) in [5.74, 6) is -0.142. The number of rotatable bonds is 3. The van der Waals surface area contributed by atoms with Crippen LogP contribution in [0.1, 0.15) is 55.6 Å². The van der Waals surface area contributed by atoms with Crippen LogP contribution in [0.4, 0.5) is 5.82 Å². The van der Waals surface area contributed by atoms with Crippen molar-refractivity contribution in [3.05, 3.63) is 23.4 Å². The minimum atomic E-state index is -0.922. The van der Waals surface area contributed by atoms with Gasteiger partial charge >= 0.3 is 5.97 Å². The number of carbonyl (C=O) groups is 1. The highest BCUT2D eigenvalue weighted by Crippen LogP contribution is 2.37. The lowest BCUT2D eigenvalue weighted by molar-refractivity contribution is 0.0695. The average molecular weight is 262 g/mol. The number of aryl methyl sites for hydroxylation is 1. The van der Waals surface area contributed by atoms with E-state index in [0.29, 0.717) is 11.7 Å². The number of pyridine rings is 1. The Kier molecular flexibility index (Phi) is 3.78. The van der Waals surface area contributed by atoms with Crippen LogP contribution >= 0.6 is 0 Å². The highest BCUT2D eigenvalue weighted by Gasteiger charge is 2.32. The molecule has 1 aliphatic carbocycles. The van der Waals surface area contributed by atoms with Crippen LogP contribution in [-0.4, -0.2) is 22.1 Å². The van der Waals surface area contributed by atoms with Gasteiger partial charge in [-0.05, 0) is 37.3 Å². The van der Waals surface area contributed by atoms with Crippen molar-refractivity contribution >= 4 is 11.8 Å². The molecule has 0 aromatic carbocycles. The van der Waals surface area contributed by atoms with Gasteiger partial charge in [0.2, 0.25) is 0 Å². The molecule has 1 heterocycles. The second-order valence-corrected chi connectivity index (χ2v) is 6.07. The number of carboxylic acid groups (broad SMARTS) is 1. The molecule has 0 spiro atoms. The van der Waals surface area contributed by atoms with Gasteiger partial charge in [-0.3, -0.25) is 0 Å². The molecule has 19 heavy (non-hydrogen) atoms. The number of hydrogen-bond donors (Lipinski definition) is 2. The normalized spacial score (nSPS) is 21.9. The molecule has 0 radical (unpaired) electrons. The Labute approximate surface area is 114 Å². The molecule has 0 amide bonds. The molecule has 0 saturated heterocycles. The molecule has 1 aromatic rings. The quantitative estimate of drug-likeness (QED) is 0.875. The first-order valence-electron chi connectivity index (χ1n) is 6.87. The number of aromatic nitrogens is 1. The van der Waals surface area contributed by atoms with E-state index in [-0.39, 0.29) is 11.0 Å². The lowest BCUT2D eigenvalue weighted by Gasteiger charge is -2.39. The van der Waals surface area contributed by atoms with Crippen molar-refractivity contribution in [1.82, 2.24) is 4.98 Å². The van der Waals surface area contributed by atoms with E-state index < -0.39 is 5.97 Å². The third kappa shape index (κ3) is 3.06. The Hall–Kier alpha value is -1.58. The molecule has 1 fully saturated rings. The third-order valence-corrected chi connectivity index (χ3v) is 4.15. The largest absolute Gasteiger partial charge is 0.478 e. The maximum atomic E-state index is 11.0. The van der Waals surface area contributed by atoms with Crippen LogP contribution in [0.2, 0.25) is 0 Å². The molecule has 0 aliphatic heterocycles. The van der Waals surface area contributed by atoms with Crippen LogP contribution in [0.3, 0.4) is 0 Å². The molecule has 1 aliphatic rings. The zero-order valence-corrected chi connectivity index (χ0v) is 11.9. The van der Waals surface area contributed by atoms with Gasteiger partial charge in [0.05, 0.1) is 11.3 Å². The van der Waals surface area contributed by atoms with Crippen molar-refractivity contribution in [3.8, 4) is 0 Å². The lowest BCUT2D eigenvalue weighted by atomic mass is 9.73. The van der Waals surface area contributed by atoms with Crippen LogP contribution in [0.25, 0.3) is 0 Å². The molecule has 4 nitrogen and oxygen atoms in total. The Morgan fingerprint density at radius 1 is 1.42 bits per heavy atom. The van der Waals surface area contributed by atoms with E-state index in [1.807, 2.05) is 0 Å².